The van der Waals surface area contributed by atoms with Gasteiger partial charge >= 0.3 is 5.97 Å². The molecule has 0 fully saturated rings. The zero-order valence-electron chi connectivity index (χ0n) is 20.7. The van der Waals surface area contributed by atoms with Gasteiger partial charge in [-0.1, -0.05) is 79.2 Å². The Balaban J connectivity index is 1.49. The molecule has 3 aromatic carbocycles. The number of aromatic nitrogens is 2. The third kappa shape index (κ3) is 6.81. The molecule has 0 saturated heterocycles. The molecule has 2 atom stereocenters. The van der Waals surface area contributed by atoms with E-state index in [9.17, 15) is 9.59 Å². The highest BCUT2D eigenvalue weighted by Gasteiger charge is 2.27. The van der Waals surface area contributed by atoms with Gasteiger partial charge < -0.3 is 15.0 Å². The molecular weight excluding hydrogens is 450 g/mol. The third-order valence-corrected chi connectivity index (χ3v) is 6.60. The van der Waals surface area contributed by atoms with Gasteiger partial charge in [0.25, 0.3) is 0 Å². The van der Waals surface area contributed by atoms with Crippen molar-refractivity contribution in [3.8, 4) is 0 Å². The van der Waals surface area contributed by atoms with Crippen molar-refractivity contribution in [1.29, 1.82) is 0 Å². The van der Waals surface area contributed by atoms with Gasteiger partial charge in [-0.05, 0) is 47.6 Å². The van der Waals surface area contributed by atoms with E-state index in [1.807, 2.05) is 24.3 Å². The molecule has 6 heteroatoms. The van der Waals surface area contributed by atoms with Crippen molar-refractivity contribution in [3.05, 3.63) is 102 Å². The quantitative estimate of drug-likeness (QED) is 0.219. The molecule has 6 nitrogen and oxygen atoms in total. The number of amides is 1. The maximum atomic E-state index is 13.6. The van der Waals surface area contributed by atoms with E-state index in [1.165, 1.54) is 12.7 Å². The Morgan fingerprint density at radius 2 is 1.72 bits per heavy atom. The van der Waals surface area contributed by atoms with Crippen LogP contribution >= 0.6 is 0 Å². The average molecular weight is 484 g/mol. The van der Waals surface area contributed by atoms with Crippen molar-refractivity contribution < 1.29 is 14.3 Å². The lowest BCUT2D eigenvalue weighted by atomic mass is 9.89. The summed E-state index contributed by atoms with van der Waals surface area (Å²) in [6.07, 6.45) is 7.79. The number of aromatic amines is 1. The second kappa shape index (κ2) is 12.7. The van der Waals surface area contributed by atoms with Gasteiger partial charge in [0, 0.05) is 18.5 Å². The highest BCUT2D eigenvalue weighted by atomic mass is 16.5. The zero-order chi connectivity index (χ0) is 25.2. The summed E-state index contributed by atoms with van der Waals surface area (Å²) in [5.41, 5.74) is 3.13. The summed E-state index contributed by atoms with van der Waals surface area (Å²) < 4.78 is 4.97. The van der Waals surface area contributed by atoms with Gasteiger partial charge in [-0.25, -0.2) is 9.78 Å². The van der Waals surface area contributed by atoms with Crippen LogP contribution in [0.4, 0.5) is 0 Å². The first-order valence-electron chi connectivity index (χ1n) is 12.5. The second-order valence-corrected chi connectivity index (χ2v) is 9.12. The van der Waals surface area contributed by atoms with Crippen molar-refractivity contribution in [1.82, 2.24) is 15.3 Å². The Morgan fingerprint density at radius 3 is 2.50 bits per heavy atom. The van der Waals surface area contributed by atoms with Gasteiger partial charge in [0.15, 0.2) is 0 Å². The van der Waals surface area contributed by atoms with Crippen LogP contribution in [0.3, 0.4) is 0 Å². The standard InChI is InChI=1S/C30H33N3O3/c1-36-30(35)28(19-26-20-31-21-32-26)33-29(34)25(14-6-5-12-22-10-3-2-4-11-22)18-24-16-9-15-23-13-7-8-17-27(23)24/h2-4,7-11,13,15-17,20-21,25,28H,5-6,12,14,18-19H2,1H3,(H,31,32)(H,33,34)/t25?,28-/m0/s1. The lowest BCUT2D eigenvalue weighted by Crippen LogP contribution is -2.46. The largest absolute Gasteiger partial charge is 0.467 e. The molecule has 1 unspecified atom stereocenters. The summed E-state index contributed by atoms with van der Waals surface area (Å²) in [7, 11) is 1.34. The zero-order valence-corrected chi connectivity index (χ0v) is 20.7. The van der Waals surface area contributed by atoms with Crippen molar-refractivity contribution in [2.24, 2.45) is 5.92 Å². The van der Waals surface area contributed by atoms with Crippen molar-refractivity contribution >= 4 is 22.6 Å². The number of benzene rings is 3. The van der Waals surface area contributed by atoms with Gasteiger partial charge in [-0.15, -0.1) is 0 Å². The second-order valence-electron chi connectivity index (χ2n) is 9.12. The molecule has 0 aliphatic heterocycles. The third-order valence-electron chi connectivity index (χ3n) is 6.60. The summed E-state index contributed by atoms with van der Waals surface area (Å²) in [4.78, 5) is 33.1. The fourth-order valence-electron chi connectivity index (χ4n) is 4.66. The summed E-state index contributed by atoms with van der Waals surface area (Å²) in [5, 5.41) is 5.28. The molecule has 0 bridgehead atoms. The minimum atomic E-state index is -0.787. The monoisotopic (exact) mass is 483 g/mol. The number of unbranched alkanes of at least 4 members (excludes halogenated alkanes) is 1. The molecule has 0 aliphatic carbocycles. The van der Waals surface area contributed by atoms with Crippen molar-refractivity contribution in [2.75, 3.05) is 7.11 Å². The number of methoxy groups -OCH3 is 1. The van der Waals surface area contributed by atoms with E-state index in [2.05, 4.69) is 63.8 Å². The van der Waals surface area contributed by atoms with Gasteiger partial charge in [-0.2, -0.15) is 0 Å². The summed E-state index contributed by atoms with van der Waals surface area (Å²) >= 11 is 0. The molecule has 0 radical (unpaired) electrons. The minimum absolute atomic E-state index is 0.131. The lowest BCUT2D eigenvalue weighted by molar-refractivity contribution is -0.145. The van der Waals surface area contributed by atoms with Gasteiger partial charge in [-0.3, -0.25) is 4.79 Å². The fraction of sp³-hybridized carbons (Fsp3) is 0.300. The number of carbonyl (C=O) groups excluding carboxylic acids is 2. The van der Waals surface area contributed by atoms with E-state index in [0.717, 1.165) is 42.0 Å². The average Bonchev–Trinajstić information content (AvgIpc) is 3.43. The highest BCUT2D eigenvalue weighted by molar-refractivity contribution is 5.88. The molecule has 0 aliphatic rings. The number of rotatable bonds is 12. The molecule has 1 heterocycles. The fourth-order valence-corrected chi connectivity index (χ4v) is 4.66. The summed E-state index contributed by atoms with van der Waals surface area (Å²) in [5.74, 6) is -0.870. The summed E-state index contributed by atoms with van der Waals surface area (Å²) in [6.45, 7) is 0. The van der Waals surface area contributed by atoms with Crippen molar-refractivity contribution in [3.63, 3.8) is 0 Å². The Bertz CT molecular complexity index is 1250. The van der Waals surface area contributed by atoms with E-state index in [4.69, 9.17) is 4.74 Å². The molecule has 0 spiro atoms. The van der Waals surface area contributed by atoms with Gasteiger partial charge in [0.1, 0.15) is 6.04 Å². The van der Waals surface area contributed by atoms with Gasteiger partial charge in [0.2, 0.25) is 5.91 Å². The molecule has 186 valence electrons. The Labute approximate surface area is 212 Å². The van der Waals surface area contributed by atoms with E-state index < -0.39 is 12.0 Å². The van der Waals surface area contributed by atoms with E-state index in [0.29, 0.717) is 12.1 Å². The van der Waals surface area contributed by atoms with Crippen LogP contribution in [0.2, 0.25) is 0 Å². The number of nitrogens with one attached hydrogen (secondary N) is 2. The van der Waals surface area contributed by atoms with E-state index in [1.54, 1.807) is 12.5 Å². The maximum Gasteiger partial charge on any atom is 0.328 e. The van der Waals surface area contributed by atoms with Crippen LogP contribution in [0.1, 0.15) is 36.1 Å². The van der Waals surface area contributed by atoms with Crippen LogP contribution in [0.5, 0.6) is 0 Å². The Hall–Kier alpha value is -3.93. The van der Waals surface area contributed by atoms with Crippen LogP contribution in [-0.4, -0.2) is 35.0 Å². The number of ether oxygens (including phenoxy) is 1. The van der Waals surface area contributed by atoms with Crippen LogP contribution in [0, 0.1) is 5.92 Å². The Morgan fingerprint density at radius 1 is 0.944 bits per heavy atom. The predicted octanol–water partition coefficient (Wildman–Crippen LogP) is 5.04. The van der Waals surface area contributed by atoms with Crippen molar-refractivity contribution in [2.45, 2.75) is 44.6 Å². The van der Waals surface area contributed by atoms with Crippen LogP contribution < -0.4 is 5.32 Å². The number of carbonyl (C=O) groups is 2. The first kappa shape index (κ1) is 25.2. The number of fused-ring (bicyclic) bond motifs is 1. The van der Waals surface area contributed by atoms with E-state index >= 15 is 0 Å². The number of esters is 1. The Kier molecular flexibility index (Phi) is 8.87. The van der Waals surface area contributed by atoms with Crippen LogP contribution in [0.25, 0.3) is 10.8 Å². The first-order chi connectivity index (χ1) is 17.6. The molecule has 1 amide bonds. The number of nitrogens with zero attached hydrogens (tertiary/aromatic N) is 1. The molecule has 4 aromatic rings. The number of hydrogen-bond acceptors (Lipinski definition) is 4. The lowest BCUT2D eigenvalue weighted by Gasteiger charge is -2.22. The first-order valence-corrected chi connectivity index (χ1v) is 12.5. The highest BCUT2D eigenvalue weighted by Crippen LogP contribution is 2.24. The number of imidazole rings is 1. The number of aryl methyl sites for hydroxylation is 1. The molecule has 2 N–H and O–H groups in total. The predicted molar refractivity (Wildman–Crippen MR) is 141 cm³/mol. The SMILES string of the molecule is COC(=O)[C@H](Cc1c[nH]cn1)NC(=O)C(CCCCc1ccccc1)Cc1cccc2ccccc12. The van der Waals surface area contributed by atoms with E-state index in [-0.39, 0.29) is 18.2 Å². The van der Waals surface area contributed by atoms with Crippen LogP contribution in [0.15, 0.2) is 85.3 Å². The normalized spacial score (nSPS) is 12.7. The molecule has 0 saturated carbocycles. The van der Waals surface area contributed by atoms with Gasteiger partial charge in [0.05, 0.1) is 19.1 Å². The maximum absolute atomic E-state index is 13.6. The number of hydrogen-bond donors (Lipinski definition) is 2. The van der Waals surface area contributed by atoms with Crippen LogP contribution in [-0.2, 0) is 33.6 Å². The molecule has 4 rings (SSSR count). The molecule has 36 heavy (non-hydrogen) atoms. The minimum Gasteiger partial charge on any atom is -0.467 e. The topological polar surface area (TPSA) is 84.1 Å². The smallest absolute Gasteiger partial charge is 0.328 e. The number of H-pyrrole nitrogens is 1. The molecular formula is C30H33N3O3. The molecule has 1 aromatic heterocycles. The summed E-state index contributed by atoms with van der Waals surface area (Å²) in [6, 6.07) is 24.1.